The lowest BCUT2D eigenvalue weighted by Gasteiger charge is -2.13. The Morgan fingerprint density at radius 2 is 1.76 bits per heavy atom. The smallest absolute Gasteiger partial charge is 0.218 e. The molecule has 3 heterocycles. The summed E-state index contributed by atoms with van der Waals surface area (Å²) in [7, 11) is 1.62. The molecule has 0 N–H and O–H groups in total. The summed E-state index contributed by atoms with van der Waals surface area (Å²) in [5, 5.41) is 5.16. The summed E-state index contributed by atoms with van der Waals surface area (Å²) in [4.78, 5) is 39.5. The van der Waals surface area contributed by atoms with E-state index in [2.05, 4.69) is 20.1 Å². The van der Waals surface area contributed by atoms with Gasteiger partial charge in [0.1, 0.15) is 28.8 Å². The molecule has 2 aromatic carbocycles. The number of methoxy groups -OCH3 is 1. The van der Waals surface area contributed by atoms with Crippen LogP contribution >= 0.6 is 0 Å². The van der Waals surface area contributed by atoms with Crippen LogP contribution < -0.4 is 14.9 Å². The molecule has 0 spiro atoms. The highest BCUT2D eigenvalue weighted by Crippen LogP contribution is 2.33. The fourth-order valence-corrected chi connectivity index (χ4v) is 4.37. The van der Waals surface area contributed by atoms with Gasteiger partial charge < -0.3 is 9.47 Å². The number of pyridine rings is 1. The number of ketones is 1. The van der Waals surface area contributed by atoms with Crippen LogP contribution in [0.15, 0.2) is 72.0 Å². The van der Waals surface area contributed by atoms with E-state index in [0.29, 0.717) is 17.1 Å². The van der Waals surface area contributed by atoms with Gasteiger partial charge in [-0.05, 0) is 68.3 Å². The summed E-state index contributed by atoms with van der Waals surface area (Å²) < 4.78 is 26.6. The molecule has 0 aliphatic heterocycles. The maximum atomic E-state index is 13.5. The molecule has 0 bridgehead atoms. The molecule has 0 fully saturated rings. The van der Waals surface area contributed by atoms with Gasteiger partial charge in [-0.25, -0.2) is 14.4 Å². The first-order valence-electron chi connectivity index (χ1n) is 13.1. The van der Waals surface area contributed by atoms with Gasteiger partial charge in [-0.3, -0.25) is 19.3 Å². The molecule has 0 aliphatic carbocycles. The number of hydrogen-bond acceptors (Lipinski definition) is 8. The van der Waals surface area contributed by atoms with Crippen molar-refractivity contribution < 1.29 is 18.7 Å². The van der Waals surface area contributed by atoms with E-state index >= 15 is 0 Å². The fourth-order valence-electron chi connectivity index (χ4n) is 4.37. The Bertz CT molecular complexity index is 1780. The Balaban J connectivity index is 1.39. The molecule has 10 heteroatoms. The number of ether oxygens (including phenoxy) is 2. The third kappa shape index (κ3) is 5.81. The molecule has 208 valence electrons. The standard InChI is InChI=1S/C31H28FN5O4/c1-5-19-12-25-23(13-28(19)40-4)27(10-11-33-25)41-22-15-34-29(35-16-22)14-26(38)24-17-37(18(2)3)36-30(31(24)39)20-6-8-21(32)9-7-20/h6-13,15-18H,5,14H2,1-4H3. The van der Waals surface area contributed by atoms with Crippen LogP contribution in [0.25, 0.3) is 22.2 Å². The molecule has 0 unspecified atom stereocenters. The first-order chi connectivity index (χ1) is 19.8. The normalized spacial score (nSPS) is 11.2. The average molecular weight is 554 g/mol. The molecule has 5 aromatic rings. The number of carbonyl (C=O) groups excluding carboxylic acids is 1. The highest BCUT2D eigenvalue weighted by molar-refractivity contribution is 5.97. The first kappa shape index (κ1) is 27.6. The van der Waals surface area contributed by atoms with Crippen LogP contribution in [-0.2, 0) is 12.8 Å². The number of fused-ring (bicyclic) bond motifs is 1. The van der Waals surface area contributed by atoms with Crippen molar-refractivity contribution in [2.45, 2.75) is 39.7 Å². The van der Waals surface area contributed by atoms with Crippen LogP contribution in [0.4, 0.5) is 4.39 Å². The van der Waals surface area contributed by atoms with E-state index in [1.165, 1.54) is 42.9 Å². The highest BCUT2D eigenvalue weighted by atomic mass is 19.1. The SMILES string of the molecule is CCc1cc2nccc(Oc3cnc(CC(=O)c4cn(C(C)C)nc(-c5ccc(F)cc5)c4=O)nc3)c2cc1OC. The van der Waals surface area contributed by atoms with Gasteiger partial charge in [0.05, 0.1) is 37.0 Å². The molecular formula is C31H28FN5O4. The molecule has 0 aliphatic rings. The number of aromatic nitrogens is 5. The largest absolute Gasteiger partial charge is 0.496 e. The second kappa shape index (κ2) is 11.6. The topological polar surface area (TPSA) is 109 Å². The molecule has 0 atom stereocenters. The molecule has 41 heavy (non-hydrogen) atoms. The van der Waals surface area contributed by atoms with Crippen molar-refractivity contribution in [1.29, 1.82) is 0 Å². The minimum absolute atomic E-state index is 0.0411. The van der Waals surface area contributed by atoms with Gasteiger partial charge in [0.2, 0.25) is 5.43 Å². The lowest BCUT2D eigenvalue weighted by atomic mass is 10.1. The van der Waals surface area contributed by atoms with Crippen LogP contribution in [0.1, 0.15) is 48.6 Å². The van der Waals surface area contributed by atoms with Crippen LogP contribution in [0.3, 0.4) is 0 Å². The van der Waals surface area contributed by atoms with Gasteiger partial charge in [-0.15, -0.1) is 0 Å². The number of carbonyl (C=O) groups is 1. The van der Waals surface area contributed by atoms with Crippen molar-refractivity contribution in [3.05, 3.63) is 100 Å². The third-order valence-electron chi connectivity index (χ3n) is 6.60. The fraction of sp³-hybridized carbons (Fsp3) is 0.226. The third-order valence-corrected chi connectivity index (χ3v) is 6.60. The van der Waals surface area contributed by atoms with E-state index in [-0.39, 0.29) is 29.5 Å². The number of rotatable bonds is 9. The zero-order valence-electron chi connectivity index (χ0n) is 23.1. The summed E-state index contributed by atoms with van der Waals surface area (Å²) in [5.41, 5.74) is 1.73. The van der Waals surface area contributed by atoms with E-state index in [1.807, 2.05) is 32.9 Å². The van der Waals surface area contributed by atoms with E-state index in [9.17, 15) is 14.0 Å². The van der Waals surface area contributed by atoms with E-state index in [1.54, 1.807) is 24.1 Å². The van der Waals surface area contributed by atoms with Crippen molar-refractivity contribution in [2.24, 2.45) is 0 Å². The van der Waals surface area contributed by atoms with Crippen LogP contribution in [0, 0.1) is 5.82 Å². The molecule has 5 rings (SSSR count). The second-order valence-corrected chi connectivity index (χ2v) is 9.68. The minimum Gasteiger partial charge on any atom is -0.496 e. The number of aryl methyl sites for hydroxylation is 1. The van der Waals surface area contributed by atoms with Crippen molar-refractivity contribution in [1.82, 2.24) is 24.7 Å². The maximum Gasteiger partial charge on any atom is 0.218 e. The van der Waals surface area contributed by atoms with Gasteiger partial charge >= 0.3 is 0 Å². The van der Waals surface area contributed by atoms with Gasteiger partial charge in [0.15, 0.2) is 11.5 Å². The molecule has 0 saturated heterocycles. The van der Waals surface area contributed by atoms with Crippen LogP contribution in [0.2, 0.25) is 0 Å². The lowest BCUT2D eigenvalue weighted by molar-refractivity contribution is 0.0988. The molecule has 0 saturated carbocycles. The monoisotopic (exact) mass is 553 g/mol. The molecule has 9 nitrogen and oxygen atoms in total. The minimum atomic E-state index is -0.537. The van der Waals surface area contributed by atoms with Crippen molar-refractivity contribution in [3.8, 4) is 28.5 Å². The quantitative estimate of drug-likeness (QED) is 0.212. The van der Waals surface area contributed by atoms with Crippen molar-refractivity contribution >= 4 is 16.7 Å². The summed E-state index contributed by atoms with van der Waals surface area (Å²) in [6.45, 7) is 5.81. The number of benzene rings is 2. The molecular weight excluding hydrogens is 525 g/mol. The highest BCUT2D eigenvalue weighted by Gasteiger charge is 2.20. The van der Waals surface area contributed by atoms with Crippen LogP contribution in [0.5, 0.6) is 17.2 Å². The van der Waals surface area contributed by atoms with E-state index in [4.69, 9.17) is 9.47 Å². The number of Topliss-reactive ketones (excluding diaryl/α,β-unsaturated/α-hetero) is 1. The van der Waals surface area contributed by atoms with Crippen molar-refractivity contribution in [2.75, 3.05) is 7.11 Å². The molecule has 0 amide bonds. The van der Waals surface area contributed by atoms with E-state index < -0.39 is 17.0 Å². The summed E-state index contributed by atoms with van der Waals surface area (Å²) >= 11 is 0. The van der Waals surface area contributed by atoms with Crippen LogP contribution in [-0.4, -0.2) is 37.6 Å². The average Bonchev–Trinajstić information content (AvgIpc) is 2.98. The zero-order chi connectivity index (χ0) is 29.1. The number of nitrogens with zero attached hydrogens (tertiary/aromatic N) is 5. The van der Waals surface area contributed by atoms with Gasteiger partial charge in [0.25, 0.3) is 0 Å². The zero-order valence-corrected chi connectivity index (χ0v) is 23.1. The Kier molecular flexibility index (Phi) is 7.82. The first-order valence-corrected chi connectivity index (χ1v) is 13.1. The van der Waals surface area contributed by atoms with Gasteiger partial charge in [0, 0.05) is 29.4 Å². The maximum absolute atomic E-state index is 13.5. The molecule has 3 aromatic heterocycles. The predicted octanol–water partition coefficient (Wildman–Crippen LogP) is 5.76. The predicted molar refractivity (Wildman–Crippen MR) is 152 cm³/mol. The number of hydrogen-bond donors (Lipinski definition) is 0. The van der Waals surface area contributed by atoms with Crippen molar-refractivity contribution in [3.63, 3.8) is 0 Å². The Morgan fingerprint density at radius 3 is 2.41 bits per heavy atom. The Morgan fingerprint density at radius 1 is 1.02 bits per heavy atom. The Labute approximate surface area is 235 Å². The summed E-state index contributed by atoms with van der Waals surface area (Å²) in [5.74, 6) is 1.02. The second-order valence-electron chi connectivity index (χ2n) is 9.68. The summed E-state index contributed by atoms with van der Waals surface area (Å²) in [6, 6.07) is 10.9. The molecule has 0 radical (unpaired) electrons. The van der Waals surface area contributed by atoms with Gasteiger partial charge in [-0.2, -0.15) is 5.10 Å². The Hall–Kier alpha value is -4.99. The number of halogens is 1. The summed E-state index contributed by atoms with van der Waals surface area (Å²) in [6.07, 6.45) is 6.65. The lowest BCUT2D eigenvalue weighted by Crippen LogP contribution is -2.25. The van der Waals surface area contributed by atoms with E-state index in [0.717, 1.165) is 28.6 Å². The van der Waals surface area contributed by atoms with Gasteiger partial charge in [-0.1, -0.05) is 6.92 Å².